The lowest BCUT2D eigenvalue weighted by Crippen LogP contribution is -2.45. The molecular weight excluding hydrogens is 666 g/mol. The van der Waals surface area contributed by atoms with Crippen LogP contribution >= 0.6 is 6.72 Å². The average Bonchev–Trinajstić information content (AvgIpc) is 3.72. The van der Waals surface area contributed by atoms with Crippen LogP contribution < -0.4 is 16.0 Å². The van der Waals surface area contributed by atoms with Gasteiger partial charge in [-0.05, 0) is 18.7 Å². The van der Waals surface area contributed by atoms with E-state index in [-0.39, 0.29) is 34.0 Å². The summed E-state index contributed by atoms with van der Waals surface area (Å²) >= 11 is 5.18. The third-order valence-electron chi connectivity index (χ3n) is 7.42. The van der Waals surface area contributed by atoms with Gasteiger partial charge in [0.25, 0.3) is 5.56 Å². The molecule has 0 aromatic carbocycles. The van der Waals surface area contributed by atoms with E-state index in [2.05, 4.69) is 34.6 Å². The minimum atomic E-state index is -4.72. The SMILES string of the molecule is Cc1nc2c(ncn2[C@@H]2O[C@@H]3COP(O)(=S)O[C@H]4[C@@H](O)[C@H](n5cnc6c(N)ncnc65)O[C@@H]4CNS(=O)(=O)O[C@H]3[C@H]2F)c(=O)[nH]1. The summed E-state index contributed by atoms with van der Waals surface area (Å²) in [5.74, 6) is 0.287. The van der Waals surface area contributed by atoms with Crippen LogP contribution in [0, 0.1) is 6.92 Å². The molecule has 24 heteroatoms. The Morgan fingerprint density at radius 2 is 1.80 bits per heavy atom. The Balaban J connectivity index is 1.17. The van der Waals surface area contributed by atoms with E-state index in [1.54, 1.807) is 0 Å². The Morgan fingerprint density at radius 1 is 1.09 bits per heavy atom. The number of nitrogens with zero attached hydrogens (tertiary/aromatic N) is 7. The summed E-state index contributed by atoms with van der Waals surface area (Å²) in [6.07, 6.45) is -8.95. The van der Waals surface area contributed by atoms with Gasteiger partial charge < -0.3 is 34.7 Å². The van der Waals surface area contributed by atoms with Gasteiger partial charge in [0.05, 0.1) is 19.3 Å². The molecule has 9 atom stereocenters. The zero-order chi connectivity index (χ0) is 31.8. The molecule has 0 bridgehead atoms. The summed E-state index contributed by atoms with van der Waals surface area (Å²) in [6, 6.07) is 0. The maximum atomic E-state index is 16.0. The van der Waals surface area contributed by atoms with Crippen LogP contribution in [-0.2, 0) is 44.8 Å². The van der Waals surface area contributed by atoms with Crippen LogP contribution in [0.25, 0.3) is 22.3 Å². The van der Waals surface area contributed by atoms with Crippen LogP contribution in [0.5, 0.6) is 0 Å². The number of anilines is 1. The predicted octanol–water partition coefficient (Wildman–Crippen LogP) is -1.80. The van der Waals surface area contributed by atoms with Gasteiger partial charge in [0.1, 0.15) is 48.2 Å². The molecule has 3 aliphatic heterocycles. The van der Waals surface area contributed by atoms with Crippen LogP contribution in [0.15, 0.2) is 23.8 Å². The average molecular weight is 691 g/mol. The maximum absolute atomic E-state index is 16.0. The molecule has 3 fully saturated rings. The first-order valence-corrected chi connectivity index (χ1v) is 17.1. The number of aryl methyl sites for hydroxylation is 1. The summed E-state index contributed by atoms with van der Waals surface area (Å²) in [5, 5.41) is 11.2. The topological polar surface area (TPSA) is 266 Å². The fourth-order valence-corrected chi connectivity index (χ4v) is 7.81. The van der Waals surface area contributed by atoms with Crippen LogP contribution in [0.3, 0.4) is 0 Å². The van der Waals surface area contributed by atoms with Gasteiger partial charge in [-0.25, -0.2) is 33.5 Å². The third kappa shape index (κ3) is 5.42. The minimum Gasteiger partial charge on any atom is -0.386 e. The van der Waals surface area contributed by atoms with Gasteiger partial charge in [0.2, 0.25) is 0 Å². The van der Waals surface area contributed by atoms with E-state index in [0.717, 1.165) is 10.9 Å². The van der Waals surface area contributed by atoms with Crippen molar-refractivity contribution in [2.45, 2.75) is 56.1 Å². The maximum Gasteiger partial charge on any atom is 0.336 e. The van der Waals surface area contributed by atoms with E-state index in [9.17, 15) is 23.2 Å². The molecule has 0 radical (unpaired) electrons. The van der Waals surface area contributed by atoms with Crippen LogP contribution in [0.2, 0.25) is 0 Å². The Hall–Kier alpha value is -3.09. The van der Waals surface area contributed by atoms with Crippen LogP contribution in [-0.4, -0.2) is 107 Å². The van der Waals surface area contributed by atoms with E-state index in [0.29, 0.717) is 0 Å². The quantitative estimate of drug-likeness (QED) is 0.145. The number of alkyl halides is 1. The van der Waals surface area contributed by atoms with Gasteiger partial charge in [-0.3, -0.25) is 18.5 Å². The van der Waals surface area contributed by atoms with E-state index in [1.807, 2.05) is 0 Å². The number of hydrogen-bond donors (Lipinski definition) is 5. The molecule has 0 spiro atoms. The van der Waals surface area contributed by atoms with Crippen LogP contribution in [0.1, 0.15) is 18.3 Å². The van der Waals surface area contributed by atoms with Crippen molar-refractivity contribution >= 4 is 57.0 Å². The molecule has 0 aliphatic carbocycles. The number of H-pyrrole nitrogens is 1. The molecule has 6 N–H and O–H groups in total. The smallest absolute Gasteiger partial charge is 0.336 e. The second kappa shape index (κ2) is 11.0. The molecule has 7 rings (SSSR count). The molecule has 0 amide bonds. The normalized spacial score (nSPS) is 35.6. The van der Waals surface area contributed by atoms with Crippen molar-refractivity contribution in [3.8, 4) is 0 Å². The number of ether oxygens (including phenoxy) is 2. The second-order valence-electron chi connectivity index (χ2n) is 10.3. The molecule has 7 heterocycles. The highest BCUT2D eigenvalue weighted by molar-refractivity contribution is 8.07. The number of aliphatic hydroxyl groups is 1. The minimum absolute atomic E-state index is 0.0212. The lowest BCUT2D eigenvalue weighted by atomic mass is 10.1. The van der Waals surface area contributed by atoms with Crippen molar-refractivity contribution in [1.82, 2.24) is 43.8 Å². The summed E-state index contributed by atoms with van der Waals surface area (Å²) in [4.78, 5) is 46.0. The molecule has 4 aromatic rings. The highest BCUT2D eigenvalue weighted by Crippen LogP contribution is 2.50. The number of aromatic nitrogens is 8. The largest absolute Gasteiger partial charge is 0.386 e. The Morgan fingerprint density at radius 3 is 2.58 bits per heavy atom. The number of aromatic amines is 1. The second-order valence-corrected chi connectivity index (χ2v) is 14.5. The van der Waals surface area contributed by atoms with Gasteiger partial charge in [-0.15, -0.1) is 0 Å². The van der Waals surface area contributed by atoms with Crippen molar-refractivity contribution in [3.63, 3.8) is 0 Å². The number of fused-ring (bicyclic) bond motifs is 4. The first-order valence-electron chi connectivity index (χ1n) is 13.1. The zero-order valence-electron chi connectivity index (χ0n) is 22.8. The van der Waals surface area contributed by atoms with E-state index < -0.39 is 84.9 Å². The van der Waals surface area contributed by atoms with E-state index in [1.165, 1.54) is 24.1 Å². The fraction of sp³-hybridized carbons (Fsp3) is 0.524. The lowest BCUT2D eigenvalue weighted by Gasteiger charge is -2.28. The van der Waals surface area contributed by atoms with E-state index in [4.69, 9.17) is 40.2 Å². The number of rotatable bonds is 2. The summed E-state index contributed by atoms with van der Waals surface area (Å²) in [7, 11) is -4.72. The monoisotopic (exact) mass is 690 g/mol. The lowest BCUT2D eigenvalue weighted by molar-refractivity contribution is -0.0456. The van der Waals surface area contributed by atoms with Crippen molar-refractivity contribution in [1.29, 1.82) is 0 Å². The molecular formula is C21H24FN10O10PS2. The highest BCUT2D eigenvalue weighted by Gasteiger charge is 2.53. The Bertz CT molecular complexity index is 2010. The van der Waals surface area contributed by atoms with Crippen molar-refractivity contribution in [2.75, 3.05) is 18.9 Å². The van der Waals surface area contributed by atoms with Crippen LogP contribution in [0.4, 0.5) is 10.2 Å². The number of hydrogen-bond acceptors (Lipinski definition) is 16. The molecule has 242 valence electrons. The molecule has 4 aromatic heterocycles. The number of nitrogens with two attached hydrogens (primary N) is 1. The number of halogens is 1. The van der Waals surface area contributed by atoms with E-state index >= 15 is 4.39 Å². The first-order chi connectivity index (χ1) is 21.3. The Labute approximate surface area is 256 Å². The van der Waals surface area contributed by atoms with Crippen molar-refractivity contribution in [3.05, 3.63) is 35.2 Å². The molecule has 3 aliphatic rings. The van der Waals surface area contributed by atoms with Gasteiger partial charge in [-0.1, -0.05) is 0 Å². The zero-order valence-corrected chi connectivity index (χ0v) is 25.3. The van der Waals surface area contributed by atoms with Gasteiger partial charge >= 0.3 is 17.0 Å². The number of nitrogens with one attached hydrogen (secondary N) is 2. The van der Waals surface area contributed by atoms with Gasteiger partial charge in [0, 0.05) is 6.54 Å². The number of aliphatic hydroxyl groups excluding tert-OH is 1. The molecule has 1 unspecified atom stereocenters. The highest BCUT2D eigenvalue weighted by atomic mass is 32.5. The molecule has 3 saturated heterocycles. The molecule has 45 heavy (non-hydrogen) atoms. The Kier molecular flexibility index (Phi) is 7.48. The third-order valence-corrected chi connectivity index (χ3v) is 9.97. The predicted molar refractivity (Wildman–Crippen MR) is 150 cm³/mol. The summed E-state index contributed by atoms with van der Waals surface area (Å²) in [6.45, 7) is -3.98. The van der Waals surface area contributed by atoms with Crippen molar-refractivity contribution in [2.24, 2.45) is 0 Å². The first kappa shape index (κ1) is 30.6. The van der Waals surface area contributed by atoms with Gasteiger partial charge in [0.15, 0.2) is 41.3 Å². The molecule has 20 nitrogen and oxygen atoms in total. The van der Waals surface area contributed by atoms with Crippen molar-refractivity contribution < 1.29 is 45.5 Å². The summed E-state index contributed by atoms with van der Waals surface area (Å²) in [5.41, 5.74) is 5.57. The number of nitrogen functional groups attached to an aromatic ring is 1. The molecule has 0 saturated carbocycles. The number of imidazole rings is 2. The van der Waals surface area contributed by atoms with Gasteiger partial charge in [-0.2, -0.15) is 13.1 Å². The fourth-order valence-electron chi connectivity index (χ4n) is 5.41. The summed E-state index contributed by atoms with van der Waals surface area (Å²) < 4.78 is 74.6. The standard InChI is InChI=1S/C21H24FN10O10PS2/c1-7-29-18-12(19(34)30-7)27-6-32(18)20-10(22)14-9(40-20)3-38-43(35,44)41-15-8(2-28-45(36,37)42-14)39-21(13(15)33)31-5-26-11-16(23)24-4-25-17(11)31/h4-6,8-10,13-15,20-21,28,33H,2-3H2,1H3,(H,35,44)(H2,23,24,25)(H,29,30,34)/t8-,9-,10-,13-,14-,15-,20-,21-,43?/m1/s1.